The van der Waals surface area contributed by atoms with E-state index in [9.17, 15) is 8.42 Å². The lowest BCUT2D eigenvalue weighted by molar-refractivity contribution is 0.305. The van der Waals surface area contributed by atoms with E-state index >= 15 is 0 Å². The minimum Gasteiger partial charge on any atom is -0.492 e. The van der Waals surface area contributed by atoms with Gasteiger partial charge in [0.2, 0.25) is 10.0 Å². The maximum atomic E-state index is 11.9. The molecule has 0 aliphatic carbocycles. The Balaban J connectivity index is 2.91. The van der Waals surface area contributed by atoms with Crippen molar-refractivity contribution >= 4 is 10.0 Å². The van der Waals surface area contributed by atoms with Gasteiger partial charge in [0, 0.05) is 6.54 Å². The molecule has 0 aliphatic heterocycles. The van der Waals surface area contributed by atoms with Gasteiger partial charge in [0.1, 0.15) is 10.6 Å². The lowest BCUT2D eigenvalue weighted by Crippen LogP contribution is -2.23. The molecule has 0 aliphatic rings. The minimum absolute atomic E-state index is 0.166. The van der Waals surface area contributed by atoms with Crippen LogP contribution in [0.2, 0.25) is 0 Å². The van der Waals surface area contributed by atoms with E-state index in [1.807, 2.05) is 0 Å². The molecule has 0 atom stereocenters. The molecule has 0 unspecified atom stereocenters. The fourth-order valence-electron chi connectivity index (χ4n) is 1.32. The van der Waals surface area contributed by atoms with Crippen LogP contribution in [0.15, 0.2) is 29.2 Å². The van der Waals surface area contributed by atoms with Gasteiger partial charge in [0.15, 0.2) is 0 Å². The van der Waals surface area contributed by atoms with Crippen LogP contribution in [0.5, 0.6) is 5.75 Å². The van der Waals surface area contributed by atoms with Gasteiger partial charge < -0.3 is 10.5 Å². The number of nitrogens with two attached hydrogens (primary N) is 1. The molecule has 1 aromatic carbocycles. The van der Waals surface area contributed by atoms with E-state index in [2.05, 4.69) is 4.72 Å². The highest BCUT2D eigenvalue weighted by atomic mass is 32.2. The molecule has 5 nitrogen and oxygen atoms in total. The van der Waals surface area contributed by atoms with Crippen molar-refractivity contribution in [2.75, 3.05) is 19.7 Å². The van der Waals surface area contributed by atoms with Crippen molar-refractivity contribution in [2.24, 2.45) is 5.73 Å². The molecular formula is C11H18N2O3S. The predicted molar refractivity (Wildman–Crippen MR) is 66.5 cm³/mol. The molecule has 1 rings (SSSR count). The number of hydrogen-bond acceptors (Lipinski definition) is 4. The summed E-state index contributed by atoms with van der Waals surface area (Å²) in [6.07, 6.45) is 0.690. The third-order valence-electron chi connectivity index (χ3n) is 2.08. The normalized spacial score (nSPS) is 11.4. The number of rotatable bonds is 7. The molecule has 0 aromatic heterocycles. The minimum atomic E-state index is -3.48. The quantitative estimate of drug-likeness (QED) is 0.706. The average molecular weight is 258 g/mol. The summed E-state index contributed by atoms with van der Waals surface area (Å²) in [6.45, 7) is 3.01. The Hall–Kier alpha value is -1.11. The monoisotopic (exact) mass is 258 g/mol. The van der Waals surface area contributed by atoms with Crippen LogP contribution in [0.4, 0.5) is 0 Å². The highest BCUT2D eigenvalue weighted by Crippen LogP contribution is 2.22. The van der Waals surface area contributed by atoms with E-state index in [0.717, 1.165) is 0 Å². The third kappa shape index (κ3) is 3.99. The summed E-state index contributed by atoms with van der Waals surface area (Å²) < 4.78 is 31.6. The van der Waals surface area contributed by atoms with Gasteiger partial charge in [-0.15, -0.1) is 0 Å². The molecule has 3 N–H and O–H groups in total. The van der Waals surface area contributed by atoms with E-state index in [4.69, 9.17) is 10.5 Å². The van der Waals surface area contributed by atoms with Crippen molar-refractivity contribution in [1.82, 2.24) is 4.72 Å². The van der Waals surface area contributed by atoms with Crippen molar-refractivity contribution in [3.8, 4) is 5.75 Å². The highest BCUT2D eigenvalue weighted by molar-refractivity contribution is 7.89. The lowest BCUT2D eigenvalue weighted by Gasteiger charge is -2.11. The van der Waals surface area contributed by atoms with Crippen LogP contribution in [0.1, 0.15) is 13.3 Å². The largest absolute Gasteiger partial charge is 0.492 e. The summed E-state index contributed by atoms with van der Waals surface area (Å²) in [7, 11) is -3.48. The Morgan fingerprint density at radius 1 is 1.35 bits per heavy atom. The number of nitrogens with one attached hydrogen (secondary N) is 1. The SMILES string of the molecule is CCNS(=O)(=O)c1ccccc1OCCCN. The Morgan fingerprint density at radius 2 is 2.06 bits per heavy atom. The standard InChI is InChI=1S/C11H18N2O3S/c1-2-13-17(14,15)11-7-4-3-6-10(11)16-9-5-8-12/h3-4,6-7,13H,2,5,8-9,12H2,1H3. The van der Waals surface area contributed by atoms with E-state index < -0.39 is 10.0 Å². The summed E-state index contributed by atoms with van der Waals surface area (Å²) in [6, 6.07) is 6.57. The Morgan fingerprint density at radius 3 is 2.71 bits per heavy atom. The first-order valence-electron chi connectivity index (χ1n) is 5.53. The maximum absolute atomic E-state index is 11.9. The summed E-state index contributed by atoms with van der Waals surface area (Å²) in [5.41, 5.74) is 5.35. The maximum Gasteiger partial charge on any atom is 0.244 e. The first-order chi connectivity index (χ1) is 8.11. The first kappa shape index (κ1) is 14.0. The molecule has 17 heavy (non-hydrogen) atoms. The Bertz CT molecular complexity index is 446. The third-order valence-corrected chi connectivity index (χ3v) is 3.66. The van der Waals surface area contributed by atoms with Crippen LogP contribution in [0.25, 0.3) is 0 Å². The summed E-state index contributed by atoms with van der Waals surface area (Å²) >= 11 is 0. The second-order valence-corrected chi connectivity index (χ2v) is 5.17. The molecule has 0 saturated heterocycles. The molecule has 0 fully saturated rings. The van der Waals surface area contributed by atoms with Crippen molar-refractivity contribution < 1.29 is 13.2 Å². The summed E-state index contributed by atoms with van der Waals surface area (Å²) in [5, 5.41) is 0. The van der Waals surface area contributed by atoms with Gasteiger partial charge in [-0.1, -0.05) is 19.1 Å². The molecule has 6 heteroatoms. The highest BCUT2D eigenvalue weighted by Gasteiger charge is 2.17. The van der Waals surface area contributed by atoms with Gasteiger partial charge in [-0.05, 0) is 25.1 Å². The Labute approximate surface area is 102 Å². The van der Waals surface area contributed by atoms with Crippen molar-refractivity contribution in [1.29, 1.82) is 0 Å². The smallest absolute Gasteiger partial charge is 0.244 e. The van der Waals surface area contributed by atoms with Gasteiger partial charge in [-0.25, -0.2) is 13.1 Å². The van der Waals surface area contributed by atoms with E-state index in [0.29, 0.717) is 31.9 Å². The van der Waals surface area contributed by atoms with Gasteiger partial charge in [0.05, 0.1) is 6.61 Å². The summed E-state index contributed by atoms with van der Waals surface area (Å²) in [4.78, 5) is 0.166. The van der Waals surface area contributed by atoms with Crippen LogP contribution >= 0.6 is 0 Å². The Kier molecular flexibility index (Phi) is 5.40. The molecule has 0 spiro atoms. The van der Waals surface area contributed by atoms with Gasteiger partial charge in [-0.2, -0.15) is 0 Å². The van der Waals surface area contributed by atoms with Crippen LogP contribution in [-0.2, 0) is 10.0 Å². The van der Waals surface area contributed by atoms with Gasteiger partial charge in [0.25, 0.3) is 0 Å². The second-order valence-electron chi connectivity index (χ2n) is 3.44. The number of benzene rings is 1. The topological polar surface area (TPSA) is 81.4 Å². The van der Waals surface area contributed by atoms with E-state index in [-0.39, 0.29) is 4.90 Å². The van der Waals surface area contributed by atoms with Crippen LogP contribution in [-0.4, -0.2) is 28.1 Å². The van der Waals surface area contributed by atoms with Crippen LogP contribution < -0.4 is 15.2 Å². The molecule has 0 saturated carbocycles. The zero-order chi connectivity index (χ0) is 12.7. The van der Waals surface area contributed by atoms with Gasteiger partial charge >= 0.3 is 0 Å². The van der Waals surface area contributed by atoms with Crippen LogP contribution in [0, 0.1) is 0 Å². The second kappa shape index (κ2) is 6.58. The van der Waals surface area contributed by atoms with Crippen molar-refractivity contribution in [3.63, 3.8) is 0 Å². The lowest BCUT2D eigenvalue weighted by atomic mass is 10.3. The van der Waals surface area contributed by atoms with Crippen molar-refractivity contribution in [3.05, 3.63) is 24.3 Å². The average Bonchev–Trinajstić information content (AvgIpc) is 2.30. The fourth-order valence-corrected chi connectivity index (χ4v) is 2.51. The number of sulfonamides is 1. The molecule has 1 aromatic rings. The molecule has 96 valence electrons. The van der Waals surface area contributed by atoms with Crippen LogP contribution in [0.3, 0.4) is 0 Å². The summed E-state index contributed by atoms with van der Waals surface area (Å²) in [5.74, 6) is 0.363. The van der Waals surface area contributed by atoms with Gasteiger partial charge in [-0.3, -0.25) is 0 Å². The molecule has 0 radical (unpaired) electrons. The number of para-hydroxylation sites is 1. The van der Waals surface area contributed by atoms with Crippen molar-refractivity contribution in [2.45, 2.75) is 18.2 Å². The molecular weight excluding hydrogens is 240 g/mol. The predicted octanol–water partition coefficient (Wildman–Crippen LogP) is 0.712. The fraction of sp³-hybridized carbons (Fsp3) is 0.455. The molecule has 0 amide bonds. The zero-order valence-electron chi connectivity index (χ0n) is 9.85. The molecule has 0 bridgehead atoms. The molecule has 0 heterocycles. The van der Waals surface area contributed by atoms with E-state index in [1.54, 1.807) is 25.1 Å². The number of hydrogen-bond donors (Lipinski definition) is 2. The zero-order valence-corrected chi connectivity index (χ0v) is 10.7. The van der Waals surface area contributed by atoms with E-state index in [1.165, 1.54) is 6.07 Å². The first-order valence-corrected chi connectivity index (χ1v) is 7.01. The number of ether oxygens (including phenoxy) is 1.